The zero-order chi connectivity index (χ0) is 14.9. The third-order valence-electron chi connectivity index (χ3n) is 2.94. The van der Waals surface area contributed by atoms with Crippen molar-refractivity contribution in [2.75, 3.05) is 24.2 Å². The van der Waals surface area contributed by atoms with Gasteiger partial charge in [-0.1, -0.05) is 30.3 Å². The lowest BCUT2D eigenvalue weighted by Gasteiger charge is -2.10. The second kappa shape index (κ2) is 8.37. The Morgan fingerprint density at radius 1 is 1.05 bits per heavy atom. The number of anilines is 1. The van der Waals surface area contributed by atoms with E-state index in [9.17, 15) is 4.79 Å². The molecule has 2 aromatic rings. The van der Waals surface area contributed by atoms with E-state index in [0.717, 1.165) is 18.0 Å². The van der Waals surface area contributed by atoms with Crippen LogP contribution in [0.1, 0.15) is 17.3 Å². The predicted molar refractivity (Wildman–Crippen MR) is 90.1 cm³/mol. The number of thioether (sulfide) groups is 1. The summed E-state index contributed by atoms with van der Waals surface area (Å²) < 4.78 is 0. The Balaban J connectivity index is 1.82. The molecule has 0 heterocycles. The third kappa shape index (κ3) is 4.83. The van der Waals surface area contributed by atoms with Crippen molar-refractivity contribution in [1.82, 2.24) is 5.32 Å². The smallest absolute Gasteiger partial charge is 0.253 e. The largest absolute Gasteiger partial charge is 0.385 e. The molecule has 110 valence electrons. The Labute approximate surface area is 130 Å². The minimum absolute atomic E-state index is 0.0276. The van der Waals surface area contributed by atoms with Gasteiger partial charge in [-0.05, 0) is 31.2 Å². The quantitative estimate of drug-likeness (QED) is 0.606. The van der Waals surface area contributed by atoms with Crippen molar-refractivity contribution in [3.63, 3.8) is 0 Å². The summed E-state index contributed by atoms with van der Waals surface area (Å²) in [6.45, 7) is 3.47. The number of carbonyl (C=O) groups is 1. The number of rotatable bonds is 7. The number of amides is 1. The Hall–Kier alpha value is -1.94. The molecular weight excluding hydrogens is 280 g/mol. The first-order valence-electron chi connectivity index (χ1n) is 7.10. The Morgan fingerprint density at radius 2 is 1.76 bits per heavy atom. The van der Waals surface area contributed by atoms with E-state index in [1.807, 2.05) is 49.4 Å². The maximum atomic E-state index is 12.2. The molecule has 0 atom stereocenters. The van der Waals surface area contributed by atoms with Crippen LogP contribution in [0.2, 0.25) is 0 Å². The number of carbonyl (C=O) groups excluding carboxylic acids is 1. The third-order valence-corrected chi connectivity index (χ3v) is 3.95. The topological polar surface area (TPSA) is 41.1 Å². The van der Waals surface area contributed by atoms with Crippen molar-refractivity contribution in [2.24, 2.45) is 0 Å². The maximum Gasteiger partial charge on any atom is 0.253 e. The summed E-state index contributed by atoms with van der Waals surface area (Å²) in [4.78, 5) is 13.4. The van der Waals surface area contributed by atoms with Crippen molar-refractivity contribution in [1.29, 1.82) is 0 Å². The van der Waals surface area contributed by atoms with Crippen LogP contribution >= 0.6 is 11.8 Å². The molecule has 0 saturated carbocycles. The van der Waals surface area contributed by atoms with Crippen molar-refractivity contribution in [3.8, 4) is 0 Å². The van der Waals surface area contributed by atoms with Crippen LogP contribution in [0.3, 0.4) is 0 Å². The predicted octanol–water partition coefficient (Wildman–Crippen LogP) is 3.64. The minimum Gasteiger partial charge on any atom is -0.385 e. The van der Waals surface area contributed by atoms with Gasteiger partial charge < -0.3 is 10.6 Å². The average molecular weight is 300 g/mol. The number of para-hydroxylation sites is 1. The molecular formula is C17H20N2OS. The van der Waals surface area contributed by atoms with Crippen LogP contribution in [-0.4, -0.2) is 24.7 Å². The van der Waals surface area contributed by atoms with Gasteiger partial charge in [0, 0.05) is 29.4 Å². The highest BCUT2D eigenvalue weighted by Gasteiger charge is 2.09. The summed E-state index contributed by atoms with van der Waals surface area (Å²) in [6.07, 6.45) is 0. The average Bonchev–Trinajstić information content (AvgIpc) is 2.53. The van der Waals surface area contributed by atoms with E-state index >= 15 is 0 Å². The molecule has 4 heteroatoms. The zero-order valence-corrected chi connectivity index (χ0v) is 13.0. The lowest BCUT2D eigenvalue weighted by Crippen LogP contribution is -2.26. The summed E-state index contributed by atoms with van der Waals surface area (Å²) in [7, 11) is 0. The van der Waals surface area contributed by atoms with Gasteiger partial charge in [0.05, 0.1) is 5.56 Å². The van der Waals surface area contributed by atoms with E-state index in [-0.39, 0.29) is 5.91 Å². The lowest BCUT2D eigenvalue weighted by atomic mass is 10.1. The molecule has 21 heavy (non-hydrogen) atoms. The van der Waals surface area contributed by atoms with Crippen molar-refractivity contribution in [3.05, 3.63) is 60.2 Å². The van der Waals surface area contributed by atoms with E-state index < -0.39 is 0 Å². The molecule has 0 aliphatic rings. The van der Waals surface area contributed by atoms with Gasteiger partial charge in [0.2, 0.25) is 0 Å². The van der Waals surface area contributed by atoms with E-state index in [2.05, 4.69) is 22.8 Å². The molecule has 2 aromatic carbocycles. The first-order valence-corrected chi connectivity index (χ1v) is 8.08. The van der Waals surface area contributed by atoms with Crippen LogP contribution in [-0.2, 0) is 0 Å². The van der Waals surface area contributed by atoms with Gasteiger partial charge in [0.25, 0.3) is 5.91 Å². The van der Waals surface area contributed by atoms with Crippen molar-refractivity contribution in [2.45, 2.75) is 11.8 Å². The van der Waals surface area contributed by atoms with Crippen molar-refractivity contribution < 1.29 is 4.79 Å². The minimum atomic E-state index is -0.0276. The summed E-state index contributed by atoms with van der Waals surface area (Å²) >= 11 is 1.74. The Bertz CT molecular complexity index is 572. The highest BCUT2D eigenvalue weighted by molar-refractivity contribution is 7.99. The van der Waals surface area contributed by atoms with Gasteiger partial charge in [-0.2, -0.15) is 0 Å². The molecule has 0 fully saturated rings. The van der Waals surface area contributed by atoms with Crippen LogP contribution in [0.25, 0.3) is 0 Å². The van der Waals surface area contributed by atoms with Gasteiger partial charge in [-0.15, -0.1) is 11.8 Å². The second-order valence-corrected chi connectivity index (χ2v) is 5.66. The molecule has 2 rings (SSSR count). The van der Waals surface area contributed by atoms with Gasteiger partial charge in [-0.25, -0.2) is 0 Å². The summed E-state index contributed by atoms with van der Waals surface area (Å²) in [5, 5.41) is 6.18. The molecule has 3 nitrogen and oxygen atoms in total. The SMILES string of the molecule is CCNc1ccccc1C(=O)NCCSc1ccccc1. The van der Waals surface area contributed by atoms with Gasteiger partial charge in [0.1, 0.15) is 0 Å². The fraction of sp³-hybridized carbons (Fsp3) is 0.235. The molecule has 0 spiro atoms. The second-order valence-electron chi connectivity index (χ2n) is 4.49. The first-order chi connectivity index (χ1) is 10.3. The van der Waals surface area contributed by atoms with E-state index in [1.54, 1.807) is 11.8 Å². The van der Waals surface area contributed by atoms with Crippen LogP contribution in [0, 0.1) is 0 Å². The summed E-state index contributed by atoms with van der Waals surface area (Å²) in [5.74, 6) is 0.833. The molecule has 0 radical (unpaired) electrons. The number of benzene rings is 2. The van der Waals surface area contributed by atoms with E-state index in [0.29, 0.717) is 12.1 Å². The number of hydrogen-bond acceptors (Lipinski definition) is 3. The van der Waals surface area contributed by atoms with Crippen LogP contribution in [0.4, 0.5) is 5.69 Å². The molecule has 0 saturated heterocycles. The molecule has 0 aliphatic heterocycles. The monoisotopic (exact) mass is 300 g/mol. The summed E-state index contributed by atoms with van der Waals surface area (Å²) in [6, 6.07) is 17.8. The van der Waals surface area contributed by atoms with E-state index in [1.165, 1.54) is 4.90 Å². The van der Waals surface area contributed by atoms with Crippen molar-refractivity contribution >= 4 is 23.4 Å². The molecule has 0 bridgehead atoms. The van der Waals surface area contributed by atoms with Crippen LogP contribution < -0.4 is 10.6 Å². The van der Waals surface area contributed by atoms with Gasteiger partial charge >= 0.3 is 0 Å². The normalized spacial score (nSPS) is 10.1. The van der Waals surface area contributed by atoms with Gasteiger partial charge in [0.15, 0.2) is 0 Å². The van der Waals surface area contributed by atoms with E-state index in [4.69, 9.17) is 0 Å². The molecule has 0 aromatic heterocycles. The Kier molecular flexibility index (Phi) is 6.16. The number of nitrogens with one attached hydrogen (secondary N) is 2. The summed E-state index contributed by atoms with van der Waals surface area (Å²) in [5.41, 5.74) is 1.58. The fourth-order valence-corrected chi connectivity index (χ4v) is 2.76. The lowest BCUT2D eigenvalue weighted by molar-refractivity contribution is 0.0957. The Morgan fingerprint density at radius 3 is 2.52 bits per heavy atom. The number of hydrogen-bond donors (Lipinski definition) is 2. The van der Waals surface area contributed by atoms with Crippen LogP contribution in [0.15, 0.2) is 59.5 Å². The molecule has 2 N–H and O–H groups in total. The maximum absolute atomic E-state index is 12.2. The highest BCUT2D eigenvalue weighted by Crippen LogP contribution is 2.17. The fourth-order valence-electron chi connectivity index (χ4n) is 1.97. The molecule has 0 aliphatic carbocycles. The van der Waals surface area contributed by atoms with Crippen LogP contribution in [0.5, 0.6) is 0 Å². The first kappa shape index (κ1) is 15.4. The molecule has 0 unspecified atom stereocenters. The standard InChI is InChI=1S/C17H20N2OS/c1-2-18-16-11-7-6-10-15(16)17(20)19-12-13-21-14-8-4-3-5-9-14/h3-11,18H,2,12-13H2,1H3,(H,19,20). The van der Waals surface area contributed by atoms with Gasteiger partial charge in [-0.3, -0.25) is 4.79 Å². The molecule has 1 amide bonds. The highest BCUT2D eigenvalue weighted by atomic mass is 32.2. The zero-order valence-electron chi connectivity index (χ0n) is 12.1.